The molecule has 17 heavy (non-hydrogen) atoms. The summed E-state index contributed by atoms with van der Waals surface area (Å²) in [6, 6.07) is 4.30. The van der Waals surface area contributed by atoms with Crippen molar-refractivity contribution >= 4 is 5.91 Å². The molecule has 2 N–H and O–H groups in total. The van der Waals surface area contributed by atoms with Gasteiger partial charge in [-0.05, 0) is 44.0 Å². The number of rotatable bonds is 5. The lowest BCUT2D eigenvalue weighted by Gasteiger charge is -2.12. The van der Waals surface area contributed by atoms with Crippen LogP contribution in [0.25, 0.3) is 0 Å². The fraction of sp³-hybridized carbons (Fsp3) is 0.500. The second-order valence-corrected chi connectivity index (χ2v) is 4.43. The molecular weight excluding hydrogens is 212 g/mol. The third-order valence-electron chi connectivity index (χ3n) is 2.84. The van der Waals surface area contributed by atoms with E-state index in [1.54, 1.807) is 0 Å². The van der Waals surface area contributed by atoms with Gasteiger partial charge in [0.1, 0.15) is 0 Å². The van der Waals surface area contributed by atoms with Gasteiger partial charge < -0.3 is 10.6 Å². The number of carbonyl (C=O) groups is 1. The summed E-state index contributed by atoms with van der Waals surface area (Å²) < 4.78 is 0. The van der Waals surface area contributed by atoms with Crippen molar-refractivity contribution in [3.05, 3.63) is 34.4 Å². The minimum atomic E-state index is 0.0474. The SMILES string of the molecule is CCNCC(=O)NCc1c(C)cc(C)cc1C. The zero-order valence-corrected chi connectivity index (χ0v) is 11.2. The second kappa shape index (κ2) is 6.40. The van der Waals surface area contributed by atoms with Crippen LogP contribution >= 0.6 is 0 Å². The number of nitrogens with one attached hydrogen (secondary N) is 2. The molecule has 3 heteroatoms. The average Bonchev–Trinajstić information content (AvgIpc) is 2.24. The molecule has 0 aliphatic heterocycles. The molecule has 94 valence electrons. The van der Waals surface area contributed by atoms with Crippen molar-refractivity contribution < 1.29 is 4.79 Å². The highest BCUT2D eigenvalue weighted by molar-refractivity contribution is 5.78. The van der Waals surface area contributed by atoms with E-state index in [-0.39, 0.29) is 5.91 Å². The summed E-state index contributed by atoms with van der Waals surface area (Å²) in [6.45, 7) is 10.1. The first-order chi connectivity index (χ1) is 8.04. The number of aryl methyl sites for hydroxylation is 3. The molecule has 0 radical (unpaired) electrons. The number of likely N-dealkylation sites (N-methyl/N-ethyl adjacent to an activating group) is 1. The van der Waals surface area contributed by atoms with E-state index in [9.17, 15) is 4.79 Å². The lowest BCUT2D eigenvalue weighted by Crippen LogP contribution is -2.33. The van der Waals surface area contributed by atoms with Crippen molar-refractivity contribution in [2.75, 3.05) is 13.1 Å². The molecule has 1 aromatic carbocycles. The maximum absolute atomic E-state index is 11.5. The quantitative estimate of drug-likeness (QED) is 0.816. The maximum Gasteiger partial charge on any atom is 0.234 e. The average molecular weight is 234 g/mol. The molecule has 0 spiro atoms. The molecule has 0 saturated carbocycles. The van der Waals surface area contributed by atoms with Gasteiger partial charge in [-0.25, -0.2) is 0 Å². The molecule has 0 aliphatic rings. The first kappa shape index (κ1) is 13.7. The lowest BCUT2D eigenvalue weighted by molar-refractivity contribution is -0.120. The largest absolute Gasteiger partial charge is 0.351 e. The normalized spacial score (nSPS) is 10.4. The van der Waals surface area contributed by atoms with Gasteiger partial charge in [-0.3, -0.25) is 4.79 Å². The molecule has 0 bridgehead atoms. The Balaban J connectivity index is 2.60. The molecular formula is C14H22N2O. The predicted octanol–water partition coefficient (Wildman–Crippen LogP) is 1.84. The van der Waals surface area contributed by atoms with Crippen molar-refractivity contribution in [3.8, 4) is 0 Å². The van der Waals surface area contributed by atoms with E-state index in [1.165, 1.54) is 22.3 Å². The molecule has 0 aliphatic carbocycles. The Morgan fingerprint density at radius 1 is 1.18 bits per heavy atom. The Bertz CT molecular complexity index is 376. The summed E-state index contributed by atoms with van der Waals surface area (Å²) in [5, 5.41) is 5.94. The number of amides is 1. The van der Waals surface area contributed by atoms with Crippen molar-refractivity contribution in [2.45, 2.75) is 34.2 Å². The minimum Gasteiger partial charge on any atom is -0.351 e. The molecule has 0 atom stereocenters. The van der Waals surface area contributed by atoms with Crippen LogP contribution in [0.3, 0.4) is 0 Å². The van der Waals surface area contributed by atoms with Crippen LogP contribution in [0.4, 0.5) is 0 Å². The van der Waals surface area contributed by atoms with Crippen molar-refractivity contribution in [3.63, 3.8) is 0 Å². The van der Waals surface area contributed by atoms with Gasteiger partial charge in [-0.1, -0.05) is 24.6 Å². The standard InChI is InChI=1S/C14H22N2O/c1-5-15-9-14(17)16-8-13-11(3)6-10(2)7-12(13)4/h6-7,15H,5,8-9H2,1-4H3,(H,16,17). The van der Waals surface area contributed by atoms with E-state index >= 15 is 0 Å². The summed E-state index contributed by atoms with van der Waals surface area (Å²) in [5.41, 5.74) is 4.97. The minimum absolute atomic E-state index is 0.0474. The van der Waals surface area contributed by atoms with Crippen molar-refractivity contribution in [1.82, 2.24) is 10.6 Å². The molecule has 1 rings (SSSR count). The van der Waals surface area contributed by atoms with E-state index < -0.39 is 0 Å². The van der Waals surface area contributed by atoms with Gasteiger partial charge in [-0.2, -0.15) is 0 Å². The van der Waals surface area contributed by atoms with E-state index in [0.717, 1.165) is 6.54 Å². The Hall–Kier alpha value is -1.35. The summed E-state index contributed by atoms with van der Waals surface area (Å²) in [5.74, 6) is 0.0474. The fourth-order valence-electron chi connectivity index (χ4n) is 1.98. The van der Waals surface area contributed by atoms with Gasteiger partial charge in [-0.15, -0.1) is 0 Å². The van der Waals surface area contributed by atoms with Crippen molar-refractivity contribution in [2.24, 2.45) is 0 Å². The zero-order chi connectivity index (χ0) is 12.8. The number of benzene rings is 1. The highest BCUT2D eigenvalue weighted by atomic mass is 16.1. The lowest BCUT2D eigenvalue weighted by atomic mass is 10.00. The van der Waals surface area contributed by atoms with E-state index in [2.05, 4.69) is 43.5 Å². The number of hydrogen-bond acceptors (Lipinski definition) is 2. The molecule has 1 amide bonds. The monoisotopic (exact) mass is 234 g/mol. The van der Waals surface area contributed by atoms with Gasteiger partial charge in [0.15, 0.2) is 0 Å². The number of carbonyl (C=O) groups excluding carboxylic acids is 1. The van der Waals surface area contributed by atoms with Crippen LogP contribution < -0.4 is 10.6 Å². The Morgan fingerprint density at radius 2 is 1.76 bits per heavy atom. The van der Waals surface area contributed by atoms with Crippen LogP contribution in [0.2, 0.25) is 0 Å². The maximum atomic E-state index is 11.5. The van der Waals surface area contributed by atoms with Gasteiger partial charge in [0.05, 0.1) is 6.54 Å². The van der Waals surface area contributed by atoms with E-state index in [4.69, 9.17) is 0 Å². The highest BCUT2D eigenvalue weighted by Gasteiger charge is 2.05. The van der Waals surface area contributed by atoms with Gasteiger partial charge >= 0.3 is 0 Å². The number of hydrogen-bond donors (Lipinski definition) is 2. The van der Waals surface area contributed by atoms with Gasteiger partial charge in [0, 0.05) is 6.54 Å². The zero-order valence-electron chi connectivity index (χ0n) is 11.2. The van der Waals surface area contributed by atoms with Gasteiger partial charge in [0.25, 0.3) is 0 Å². The Morgan fingerprint density at radius 3 is 2.29 bits per heavy atom. The molecule has 0 aromatic heterocycles. The molecule has 0 unspecified atom stereocenters. The topological polar surface area (TPSA) is 41.1 Å². The molecule has 1 aromatic rings. The molecule has 0 heterocycles. The first-order valence-corrected chi connectivity index (χ1v) is 6.08. The predicted molar refractivity (Wildman–Crippen MR) is 71.0 cm³/mol. The van der Waals surface area contributed by atoms with Crippen LogP contribution in [-0.4, -0.2) is 19.0 Å². The van der Waals surface area contributed by atoms with Crippen molar-refractivity contribution in [1.29, 1.82) is 0 Å². The smallest absolute Gasteiger partial charge is 0.234 e. The Labute approximate surface area is 104 Å². The summed E-state index contributed by atoms with van der Waals surface area (Å²) >= 11 is 0. The van der Waals surface area contributed by atoms with E-state index in [0.29, 0.717) is 13.1 Å². The third-order valence-corrected chi connectivity index (χ3v) is 2.84. The first-order valence-electron chi connectivity index (χ1n) is 6.08. The summed E-state index contributed by atoms with van der Waals surface area (Å²) in [4.78, 5) is 11.5. The van der Waals surface area contributed by atoms with Crippen LogP contribution in [-0.2, 0) is 11.3 Å². The van der Waals surface area contributed by atoms with Crippen LogP contribution in [0.1, 0.15) is 29.2 Å². The fourth-order valence-corrected chi connectivity index (χ4v) is 1.98. The van der Waals surface area contributed by atoms with Crippen LogP contribution in [0.5, 0.6) is 0 Å². The highest BCUT2D eigenvalue weighted by Crippen LogP contribution is 2.15. The second-order valence-electron chi connectivity index (χ2n) is 4.43. The van der Waals surface area contributed by atoms with E-state index in [1.807, 2.05) is 6.92 Å². The Kier molecular flexibility index (Phi) is 5.16. The van der Waals surface area contributed by atoms with Crippen LogP contribution in [0.15, 0.2) is 12.1 Å². The third kappa shape index (κ3) is 4.19. The molecule has 3 nitrogen and oxygen atoms in total. The molecule has 0 fully saturated rings. The van der Waals surface area contributed by atoms with Crippen LogP contribution in [0, 0.1) is 20.8 Å². The summed E-state index contributed by atoms with van der Waals surface area (Å²) in [6.07, 6.45) is 0. The summed E-state index contributed by atoms with van der Waals surface area (Å²) in [7, 11) is 0. The molecule has 0 saturated heterocycles. The van der Waals surface area contributed by atoms with Gasteiger partial charge in [0.2, 0.25) is 5.91 Å².